The molecule has 0 aromatic rings. The third kappa shape index (κ3) is 2.07. The molecule has 2 aliphatic carbocycles. The Morgan fingerprint density at radius 1 is 0.842 bits per heavy atom. The Kier molecular flexibility index (Phi) is 3.84. The maximum atomic E-state index is 3.50. The molecule has 0 aliphatic heterocycles. The molecule has 2 rings (SSSR count). The van der Waals surface area contributed by atoms with Crippen LogP contribution in [0.3, 0.4) is 0 Å². The minimum atomic E-state index is 0.406. The third-order valence-electron chi connectivity index (χ3n) is 7.46. The molecule has 7 unspecified atom stereocenters. The lowest BCUT2D eigenvalue weighted by molar-refractivity contribution is -0.159. The molecule has 2 fully saturated rings. The van der Waals surface area contributed by atoms with Crippen LogP contribution in [-0.2, 0) is 0 Å². The van der Waals surface area contributed by atoms with Gasteiger partial charge in [-0.1, -0.05) is 48.5 Å². The van der Waals surface area contributed by atoms with Crippen molar-refractivity contribution in [1.82, 2.24) is 5.32 Å². The highest BCUT2D eigenvalue weighted by Gasteiger charge is 2.59. The molecule has 0 aromatic carbocycles. The molecule has 0 amide bonds. The van der Waals surface area contributed by atoms with E-state index in [0.29, 0.717) is 10.8 Å². The highest BCUT2D eigenvalue weighted by Crippen LogP contribution is 2.65. The SMILES string of the molecule is CNC1CC(C(C)(C2CC(C)C2C)C(C)(C)C)C1C. The maximum Gasteiger partial charge on any atom is 0.00955 e. The molecule has 7 atom stereocenters. The molecule has 0 saturated heterocycles. The van der Waals surface area contributed by atoms with Crippen molar-refractivity contribution < 1.29 is 0 Å². The minimum absolute atomic E-state index is 0.406. The molecular weight excluding hydrogens is 230 g/mol. The van der Waals surface area contributed by atoms with E-state index in [-0.39, 0.29) is 0 Å². The molecule has 112 valence electrons. The molecule has 19 heavy (non-hydrogen) atoms. The Morgan fingerprint density at radius 2 is 1.37 bits per heavy atom. The molecule has 0 spiro atoms. The molecule has 0 radical (unpaired) electrons. The fourth-order valence-corrected chi connectivity index (χ4v) is 5.17. The van der Waals surface area contributed by atoms with E-state index < -0.39 is 0 Å². The standard InChI is InChI=1S/C18H35N/c1-11-9-14(12(11)2)18(7,17(4,5)6)15-10-16(19-8)13(15)3/h11-16,19H,9-10H2,1-8H3. The Bertz CT molecular complexity index is 329. The Balaban J connectivity index is 2.23. The van der Waals surface area contributed by atoms with Gasteiger partial charge in [0, 0.05) is 6.04 Å². The summed E-state index contributed by atoms with van der Waals surface area (Å²) in [6, 6.07) is 0.750. The smallest absolute Gasteiger partial charge is 0.00955 e. The zero-order valence-corrected chi connectivity index (χ0v) is 14.4. The van der Waals surface area contributed by atoms with Gasteiger partial charge in [0.15, 0.2) is 0 Å². The van der Waals surface area contributed by atoms with E-state index in [1.54, 1.807) is 0 Å². The molecule has 1 nitrogen and oxygen atoms in total. The predicted octanol–water partition coefficient (Wildman–Crippen LogP) is 4.57. The summed E-state index contributed by atoms with van der Waals surface area (Å²) < 4.78 is 0. The summed E-state index contributed by atoms with van der Waals surface area (Å²) in [5, 5.41) is 3.50. The predicted molar refractivity (Wildman–Crippen MR) is 84.1 cm³/mol. The second kappa shape index (κ2) is 4.76. The number of rotatable bonds is 3. The molecule has 1 heteroatoms. The van der Waals surface area contributed by atoms with Crippen LogP contribution >= 0.6 is 0 Å². The Labute approximate surface area is 120 Å². The summed E-state index contributed by atoms with van der Waals surface area (Å²) in [5.74, 6) is 4.49. The van der Waals surface area contributed by atoms with E-state index in [4.69, 9.17) is 0 Å². The van der Waals surface area contributed by atoms with Gasteiger partial charge in [0.05, 0.1) is 0 Å². The van der Waals surface area contributed by atoms with Crippen molar-refractivity contribution in [2.24, 2.45) is 40.4 Å². The van der Waals surface area contributed by atoms with E-state index in [0.717, 1.165) is 35.6 Å². The van der Waals surface area contributed by atoms with Gasteiger partial charge in [-0.2, -0.15) is 0 Å². The van der Waals surface area contributed by atoms with Gasteiger partial charge in [0.2, 0.25) is 0 Å². The van der Waals surface area contributed by atoms with E-state index in [1.807, 2.05) is 0 Å². The Hall–Kier alpha value is -0.0400. The fourth-order valence-electron chi connectivity index (χ4n) is 5.17. The highest BCUT2D eigenvalue weighted by atomic mass is 14.9. The van der Waals surface area contributed by atoms with E-state index in [1.165, 1.54) is 12.8 Å². The average molecular weight is 265 g/mol. The summed E-state index contributed by atoms with van der Waals surface area (Å²) in [6.45, 7) is 17.4. The van der Waals surface area contributed by atoms with Gasteiger partial charge in [-0.25, -0.2) is 0 Å². The quantitative estimate of drug-likeness (QED) is 0.788. The first kappa shape index (κ1) is 15.4. The van der Waals surface area contributed by atoms with Gasteiger partial charge in [-0.15, -0.1) is 0 Å². The topological polar surface area (TPSA) is 12.0 Å². The number of hydrogen-bond donors (Lipinski definition) is 1. The molecular formula is C18H35N. The molecule has 0 aromatic heterocycles. The first-order chi connectivity index (χ1) is 8.64. The van der Waals surface area contributed by atoms with Crippen molar-refractivity contribution in [3.8, 4) is 0 Å². The van der Waals surface area contributed by atoms with Crippen LogP contribution in [0.5, 0.6) is 0 Å². The number of nitrogens with one attached hydrogen (secondary N) is 1. The fraction of sp³-hybridized carbons (Fsp3) is 1.00. The van der Waals surface area contributed by atoms with Gasteiger partial charge in [-0.3, -0.25) is 0 Å². The normalized spacial score (nSPS) is 46.1. The molecule has 0 heterocycles. The van der Waals surface area contributed by atoms with Crippen LogP contribution in [0.1, 0.15) is 61.3 Å². The van der Waals surface area contributed by atoms with Gasteiger partial charge >= 0.3 is 0 Å². The van der Waals surface area contributed by atoms with Crippen LogP contribution in [0, 0.1) is 40.4 Å². The molecule has 1 N–H and O–H groups in total. The van der Waals surface area contributed by atoms with Crippen molar-refractivity contribution in [3.63, 3.8) is 0 Å². The first-order valence-electron chi connectivity index (χ1n) is 8.31. The first-order valence-corrected chi connectivity index (χ1v) is 8.31. The van der Waals surface area contributed by atoms with Crippen LogP contribution < -0.4 is 5.32 Å². The molecule has 2 saturated carbocycles. The van der Waals surface area contributed by atoms with Crippen LogP contribution in [0.25, 0.3) is 0 Å². The van der Waals surface area contributed by atoms with Gasteiger partial charge in [0.1, 0.15) is 0 Å². The lowest BCUT2D eigenvalue weighted by atomic mass is 9.40. The van der Waals surface area contributed by atoms with Crippen LogP contribution in [0.2, 0.25) is 0 Å². The lowest BCUT2D eigenvalue weighted by Gasteiger charge is -2.65. The van der Waals surface area contributed by atoms with Gasteiger partial charge in [-0.05, 0) is 60.3 Å². The Morgan fingerprint density at radius 3 is 1.68 bits per heavy atom. The average Bonchev–Trinajstić information content (AvgIpc) is 2.32. The number of hydrogen-bond acceptors (Lipinski definition) is 1. The van der Waals surface area contributed by atoms with Gasteiger partial charge in [0.25, 0.3) is 0 Å². The molecule has 2 aliphatic rings. The second-order valence-electron chi connectivity index (χ2n) is 8.81. The molecule has 0 bridgehead atoms. The summed E-state index contributed by atoms with van der Waals surface area (Å²) >= 11 is 0. The monoisotopic (exact) mass is 265 g/mol. The van der Waals surface area contributed by atoms with Crippen molar-refractivity contribution >= 4 is 0 Å². The van der Waals surface area contributed by atoms with Crippen molar-refractivity contribution in [2.75, 3.05) is 7.05 Å². The summed E-state index contributed by atoms with van der Waals surface area (Å²) in [4.78, 5) is 0. The second-order valence-corrected chi connectivity index (χ2v) is 8.81. The minimum Gasteiger partial charge on any atom is -0.317 e. The van der Waals surface area contributed by atoms with E-state index in [2.05, 4.69) is 60.8 Å². The van der Waals surface area contributed by atoms with E-state index >= 15 is 0 Å². The van der Waals surface area contributed by atoms with Crippen molar-refractivity contribution in [2.45, 2.75) is 67.3 Å². The van der Waals surface area contributed by atoms with Crippen LogP contribution in [0.15, 0.2) is 0 Å². The van der Waals surface area contributed by atoms with Gasteiger partial charge < -0.3 is 5.32 Å². The summed E-state index contributed by atoms with van der Waals surface area (Å²) in [7, 11) is 2.12. The van der Waals surface area contributed by atoms with Crippen LogP contribution in [0.4, 0.5) is 0 Å². The van der Waals surface area contributed by atoms with Crippen LogP contribution in [-0.4, -0.2) is 13.1 Å². The summed E-state index contributed by atoms with van der Waals surface area (Å²) in [6.07, 6.45) is 2.82. The zero-order valence-electron chi connectivity index (χ0n) is 14.4. The third-order valence-corrected chi connectivity index (χ3v) is 7.46. The zero-order chi connectivity index (χ0) is 14.6. The van der Waals surface area contributed by atoms with Crippen molar-refractivity contribution in [3.05, 3.63) is 0 Å². The largest absolute Gasteiger partial charge is 0.317 e. The summed E-state index contributed by atoms with van der Waals surface area (Å²) in [5.41, 5.74) is 0.898. The lowest BCUT2D eigenvalue weighted by Crippen LogP contribution is -2.62. The van der Waals surface area contributed by atoms with E-state index in [9.17, 15) is 0 Å². The highest BCUT2D eigenvalue weighted by molar-refractivity contribution is 5.09. The van der Waals surface area contributed by atoms with Crippen molar-refractivity contribution in [1.29, 1.82) is 0 Å². The maximum absolute atomic E-state index is 3.50.